The summed E-state index contributed by atoms with van der Waals surface area (Å²) in [6, 6.07) is 23.3. The molecule has 2 saturated heterocycles. The van der Waals surface area contributed by atoms with Gasteiger partial charge in [0.25, 0.3) is 0 Å². The van der Waals surface area contributed by atoms with E-state index in [0.29, 0.717) is 44.8 Å². The monoisotopic (exact) mass is 633 g/mol. The number of amides is 2. The normalized spacial score (nSPS) is 17.6. The van der Waals surface area contributed by atoms with Gasteiger partial charge in [-0.25, -0.2) is 8.42 Å². The third-order valence-electron chi connectivity index (χ3n) is 8.56. The number of nitrogens with one attached hydrogen (secondary N) is 1. The summed E-state index contributed by atoms with van der Waals surface area (Å²) in [5.41, 5.74) is 2.69. The molecule has 45 heavy (non-hydrogen) atoms. The molecule has 2 fully saturated rings. The number of rotatable bonds is 14. The van der Waals surface area contributed by atoms with Gasteiger partial charge in [0.1, 0.15) is 11.8 Å². The van der Waals surface area contributed by atoms with E-state index in [-0.39, 0.29) is 35.8 Å². The van der Waals surface area contributed by atoms with Crippen molar-refractivity contribution in [2.75, 3.05) is 33.4 Å². The van der Waals surface area contributed by atoms with Crippen molar-refractivity contribution in [2.24, 2.45) is 0 Å². The lowest BCUT2D eigenvalue weighted by molar-refractivity contribution is -0.141. The van der Waals surface area contributed by atoms with Crippen LogP contribution >= 0.6 is 0 Å². The van der Waals surface area contributed by atoms with E-state index in [1.807, 2.05) is 54.6 Å². The summed E-state index contributed by atoms with van der Waals surface area (Å²) in [5, 5.41) is 3.06. The van der Waals surface area contributed by atoms with Crippen molar-refractivity contribution in [1.82, 2.24) is 14.5 Å². The molecule has 1 N–H and O–H groups in total. The van der Waals surface area contributed by atoms with Gasteiger partial charge in [0, 0.05) is 45.6 Å². The van der Waals surface area contributed by atoms with Gasteiger partial charge in [0.05, 0.1) is 18.1 Å². The molecule has 5 rings (SSSR count). The molecule has 9 nitrogen and oxygen atoms in total. The maximum Gasteiger partial charge on any atom is 0.243 e. The lowest BCUT2D eigenvalue weighted by atomic mass is 10.0. The van der Waals surface area contributed by atoms with Crippen LogP contribution < -0.4 is 10.1 Å². The van der Waals surface area contributed by atoms with Gasteiger partial charge in [-0.2, -0.15) is 4.31 Å². The Morgan fingerprint density at radius 3 is 2.27 bits per heavy atom. The third-order valence-corrected chi connectivity index (χ3v) is 10.5. The van der Waals surface area contributed by atoms with Crippen LogP contribution in [0.15, 0.2) is 83.8 Å². The summed E-state index contributed by atoms with van der Waals surface area (Å²) >= 11 is 0. The molecule has 2 aliphatic heterocycles. The third kappa shape index (κ3) is 8.71. The summed E-state index contributed by atoms with van der Waals surface area (Å²) in [6.45, 7) is 2.45. The minimum atomic E-state index is -3.51. The molecule has 0 unspecified atom stereocenters. The van der Waals surface area contributed by atoms with Crippen LogP contribution in [0, 0.1) is 0 Å². The van der Waals surface area contributed by atoms with E-state index in [0.717, 1.165) is 42.4 Å². The zero-order valence-corrected chi connectivity index (χ0v) is 26.7. The number of aryl methyl sites for hydroxylation is 1. The summed E-state index contributed by atoms with van der Waals surface area (Å²) in [5.74, 6) is 0.336. The Bertz CT molecular complexity index is 1500. The molecule has 0 aliphatic carbocycles. The maximum atomic E-state index is 14.0. The van der Waals surface area contributed by atoms with Gasteiger partial charge in [-0.05, 0) is 73.1 Å². The number of nitrogens with zero attached hydrogens (tertiary/aromatic N) is 2. The van der Waals surface area contributed by atoms with E-state index in [1.165, 1.54) is 4.31 Å². The van der Waals surface area contributed by atoms with Gasteiger partial charge in [-0.3, -0.25) is 9.59 Å². The fourth-order valence-corrected chi connectivity index (χ4v) is 7.44. The number of benzene rings is 3. The summed E-state index contributed by atoms with van der Waals surface area (Å²) < 4.78 is 38.5. The second kappa shape index (κ2) is 15.5. The second-order valence-corrected chi connectivity index (χ2v) is 13.6. The lowest BCUT2D eigenvalue weighted by Gasteiger charge is -2.32. The highest BCUT2D eigenvalue weighted by atomic mass is 32.2. The molecule has 10 heteroatoms. The largest absolute Gasteiger partial charge is 0.497 e. The van der Waals surface area contributed by atoms with E-state index in [4.69, 9.17) is 9.47 Å². The molecule has 0 bridgehead atoms. The number of carbonyl (C=O) groups excluding carboxylic acids is 2. The zero-order chi connectivity index (χ0) is 31.6. The Labute approximate surface area is 266 Å². The Morgan fingerprint density at radius 1 is 0.933 bits per heavy atom. The molecule has 0 aromatic heterocycles. The van der Waals surface area contributed by atoms with Crippen LogP contribution in [-0.4, -0.2) is 74.9 Å². The van der Waals surface area contributed by atoms with Crippen molar-refractivity contribution in [3.05, 3.63) is 95.6 Å². The van der Waals surface area contributed by atoms with Crippen LogP contribution in [0.2, 0.25) is 0 Å². The van der Waals surface area contributed by atoms with E-state index in [1.54, 1.807) is 36.3 Å². The van der Waals surface area contributed by atoms with Crippen molar-refractivity contribution in [3.8, 4) is 5.75 Å². The van der Waals surface area contributed by atoms with Gasteiger partial charge in [-0.15, -0.1) is 0 Å². The predicted molar refractivity (Wildman–Crippen MR) is 172 cm³/mol. The highest BCUT2D eigenvalue weighted by molar-refractivity contribution is 7.89. The van der Waals surface area contributed by atoms with Crippen molar-refractivity contribution in [1.29, 1.82) is 0 Å². The van der Waals surface area contributed by atoms with Crippen LogP contribution in [0.25, 0.3) is 0 Å². The minimum Gasteiger partial charge on any atom is -0.497 e. The topological polar surface area (TPSA) is 105 Å². The number of methoxy groups -OCH3 is 1. The fraction of sp³-hybridized carbons (Fsp3) is 0.429. The van der Waals surface area contributed by atoms with Crippen molar-refractivity contribution < 1.29 is 27.5 Å². The fourth-order valence-electron chi connectivity index (χ4n) is 5.92. The molecule has 2 heterocycles. The molecule has 2 atom stereocenters. The first-order chi connectivity index (χ1) is 21.8. The highest BCUT2D eigenvalue weighted by Gasteiger charge is 2.31. The first-order valence-corrected chi connectivity index (χ1v) is 17.2. The molecular weight excluding hydrogens is 590 g/mol. The van der Waals surface area contributed by atoms with Gasteiger partial charge >= 0.3 is 0 Å². The molecule has 0 radical (unpaired) electrons. The number of ether oxygens (including phenoxy) is 2. The summed E-state index contributed by atoms with van der Waals surface area (Å²) in [6.07, 6.45) is 4.56. The average molecular weight is 634 g/mol. The highest BCUT2D eigenvalue weighted by Crippen LogP contribution is 2.23. The van der Waals surface area contributed by atoms with Gasteiger partial charge in [0.15, 0.2) is 0 Å². The zero-order valence-electron chi connectivity index (χ0n) is 25.9. The number of hydrogen-bond donors (Lipinski definition) is 1. The van der Waals surface area contributed by atoms with Crippen LogP contribution in [0.1, 0.15) is 48.8 Å². The molecule has 2 aliphatic rings. The van der Waals surface area contributed by atoms with E-state index >= 15 is 0 Å². The number of carbonyl (C=O) groups is 2. The Kier molecular flexibility index (Phi) is 11.3. The molecule has 0 saturated carbocycles. The Balaban J connectivity index is 1.35. The molecule has 2 amide bonds. The molecule has 0 spiro atoms. The van der Waals surface area contributed by atoms with E-state index in [9.17, 15) is 18.0 Å². The van der Waals surface area contributed by atoms with Gasteiger partial charge in [0.2, 0.25) is 21.8 Å². The van der Waals surface area contributed by atoms with Crippen molar-refractivity contribution in [2.45, 2.75) is 68.5 Å². The summed E-state index contributed by atoms with van der Waals surface area (Å²) in [4.78, 5) is 29.8. The molecule has 3 aromatic rings. The molecular formula is C35H43N3O6S. The Morgan fingerprint density at radius 2 is 1.62 bits per heavy atom. The quantitative estimate of drug-likeness (QED) is 0.283. The van der Waals surface area contributed by atoms with Crippen LogP contribution in [-0.2, 0) is 43.7 Å². The van der Waals surface area contributed by atoms with E-state index < -0.39 is 16.1 Å². The standard InChI is InChI=1S/C35H43N3O6S/c1-43-30-16-11-29(12-17-30)26-38(33(24-28-8-3-2-4-9-28)35(40)36-25-31-10-7-23-44-31)34(39)20-15-27-13-18-32(19-14-27)45(41,42)37-21-5-6-22-37/h2-4,8-9,11-14,16-19,31,33H,5-7,10,15,20-26H2,1H3,(H,36,40)/t31-,33+/m1/s1. The molecule has 240 valence electrons. The van der Waals surface area contributed by atoms with Gasteiger partial charge in [-0.1, -0.05) is 54.6 Å². The first-order valence-electron chi connectivity index (χ1n) is 15.8. The maximum absolute atomic E-state index is 14.0. The lowest BCUT2D eigenvalue weighted by Crippen LogP contribution is -2.51. The van der Waals surface area contributed by atoms with Crippen LogP contribution in [0.3, 0.4) is 0 Å². The van der Waals surface area contributed by atoms with Crippen LogP contribution in [0.4, 0.5) is 0 Å². The predicted octanol–water partition coefficient (Wildman–Crippen LogP) is 4.35. The van der Waals surface area contributed by atoms with Crippen molar-refractivity contribution in [3.63, 3.8) is 0 Å². The number of sulfonamides is 1. The van der Waals surface area contributed by atoms with Crippen molar-refractivity contribution >= 4 is 21.8 Å². The van der Waals surface area contributed by atoms with Gasteiger partial charge < -0.3 is 19.7 Å². The molecule has 3 aromatic carbocycles. The minimum absolute atomic E-state index is 0.0191. The summed E-state index contributed by atoms with van der Waals surface area (Å²) in [7, 11) is -1.90. The number of hydrogen-bond acceptors (Lipinski definition) is 6. The SMILES string of the molecule is COc1ccc(CN(C(=O)CCc2ccc(S(=O)(=O)N3CCCC3)cc2)[C@@H](Cc2ccccc2)C(=O)NC[C@H]2CCCO2)cc1. The van der Waals surface area contributed by atoms with Crippen LogP contribution in [0.5, 0.6) is 5.75 Å². The first kappa shape index (κ1) is 32.7. The average Bonchev–Trinajstić information content (AvgIpc) is 3.81. The Hall–Kier alpha value is -3.73. The second-order valence-electron chi connectivity index (χ2n) is 11.7. The van der Waals surface area contributed by atoms with E-state index in [2.05, 4.69) is 5.32 Å². The smallest absolute Gasteiger partial charge is 0.243 e.